The van der Waals surface area contributed by atoms with Crippen molar-refractivity contribution in [3.8, 4) is 5.82 Å². The van der Waals surface area contributed by atoms with Gasteiger partial charge in [-0.3, -0.25) is 9.36 Å². The van der Waals surface area contributed by atoms with E-state index in [-0.39, 0.29) is 18.3 Å². The first-order chi connectivity index (χ1) is 12.0. The van der Waals surface area contributed by atoms with Gasteiger partial charge in [-0.25, -0.2) is 0 Å². The molecule has 1 amide bonds. The Morgan fingerprint density at radius 1 is 1.19 bits per heavy atom. The number of carbonyl (C=O) groups excluding carboxylic acids is 1. The number of hydrogen-bond acceptors (Lipinski definition) is 4. The summed E-state index contributed by atoms with van der Waals surface area (Å²) in [6, 6.07) is 3.87. The summed E-state index contributed by atoms with van der Waals surface area (Å²) in [6.45, 7) is 9.79. The van der Waals surface area contributed by atoms with Crippen molar-refractivity contribution in [2.45, 2.75) is 40.0 Å². The van der Waals surface area contributed by atoms with E-state index in [4.69, 9.17) is 4.52 Å². The molecule has 1 N–H and O–H groups in total. The zero-order chi connectivity index (χ0) is 17.6. The van der Waals surface area contributed by atoms with Gasteiger partial charge in [-0.05, 0) is 58.1 Å². The Labute approximate surface area is 160 Å². The number of aromatic nitrogens is 2. The number of piperidine rings is 1. The van der Waals surface area contributed by atoms with Crippen molar-refractivity contribution in [2.75, 3.05) is 26.2 Å². The van der Waals surface area contributed by atoms with Gasteiger partial charge in [0.15, 0.2) is 5.82 Å². The Balaban J connectivity index is 0.00000196. The first-order valence-electron chi connectivity index (χ1n) is 9.12. The van der Waals surface area contributed by atoms with Crippen LogP contribution in [0, 0.1) is 26.2 Å². The Morgan fingerprint density at radius 3 is 2.50 bits per heavy atom. The van der Waals surface area contributed by atoms with Crippen molar-refractivity contribution in [1.29, 1.82) is 0 Å². The van der Waals surface area contributed by atoms with Crippen molar-refractivity contribution >= 4 is 18.3 Å². The lowest BCUT2D eigenvalue weighted by Gasteiger charge is -2.38. The first-order valence-corrected chi connectivity index (χ1v) is 9.12. The average molecular weight is 379 g/mol. The molecule has 0 aromatic carbocycles. The molecule has 26 heavy (non-hydrogen) atoms. The molecule has 0 aliphatic carbocycles. The predicted octanol–water partition coefficient (Wildman–Crippen LogP) is 3.03. The molecular formula is C19H27ClN4O2. The molecule has 0 bridgehead atoms. The first kappa shape index (κ1) is 19.0. The van der Waals surface area contributed by atoms with Crippen LogP contribution in [0.4, 0.5) is 0 Å². The third-order valence-electron chi connectivity index (χ3n) is 5.95. The van der Waals surface area contributed by atoms with Crippen molar-refractivity contribution in [1.82, 2.24) is 19.9 Å². The third-order valence-corrected chi connectivity index (χ3v) is 5.95. The predicted molar refractivity (Wildman–Crippen MR) is 102 cm³/mol. The number of halogens is 1. The number of amides is 1. The van der Waals surface area contributed by atoms with Crippen LogP contribution in [0.1, 0.15) is 46.8 Å². The summed E-state index contributed by atoms with van der Waals surface area (Å²) in [5.74, 6) is 1.64. The van der Waals surface area contributed by atoms with E-state index in [1.165, 1.54) is 6.42 Å². The van der Waals surface area contributed by atoms with Gasteiger partial charge in [-0.15, -0.1) is 12.4 Å². The van der Waals surface area contributed by atoms with Crippen LogP contribution in [0.5, 0.6) is 0 Å². The number of likely N-dealkylation sites (tertiary alicyclic amines) is 1. The summed E-state index contributed by atoms with van der Waals surface area (Å²) in [5, 5.41) is 7.57. The second-order valence-corrected chi connectivity index (χ2v) is 7.63. The van der Waals surface area contributed by atoms with Gasteiger partial charge in [0.1, 0.15) is 5.76 Å². The van der Waals surface area contributed by atoms with E-state index in [0.29, 0.717) is 5.41 Å². The van der Waals surface area contributed by atoms with Gasteiger partial charge >= 0.3 is 0 Å². The van der Waals surface area contributed by atoms with Gasteiger partial charge < -0.3 is 14.7 Å². The Bertz CT molecular complexity index is 795. The molecule has 2 saturated heterocycles. The van der Waals surface area contributed by atoms with Crippen molar-refractivity contribution in [3.05, 3.63) is 34.8 Å². The van der Waals surface area contributed by atoms with Gasteiger partial charge in [0.2, 0.25) is 0 Å². The molecule has 2 aromatic heterocycles. The lowest BCUT2D eigenvalue weighted by atomic mass is 9.78. The number of carbonyl (C=O) groups is 1. The molecule has 2 aromatic rings. The second-order valence-electron chi connectivity index (χ2n) is 7.63. The molecule has 6 nitrogen and oxygen atoms in total. The number of aryl methyl sites for hydroxylation is 2. The highest BCUT2D eigenvalue weighted by molar-refractivity contribution is 5.96. The fourth-order valence-corrected chi connectivity index (χ4v) is 4.37. The third kappa shape index (κ3) is 3.16. The van der Waals surface area contributed by atoms with Gasteiger partial charge in [0, 0.05) is 37.1 Å². The van der Waals surface area contributed by atoms with Crippen LogP contribution >= 0.6 is 12.4 Å². The van der Waals surface area contributed by atoms with E-state index in [1.54, 1.807) is 0 Å². The summed E-state index contributed by atoms with van der Waals surface area (Å²) < 4.78 is 7.19. The molecule has 0 saturated carbocycles. The number of hydrogen-bond donors (Lipinski definition) is 1. The molecule has 0 atom stereocenters. The molecule has 4 heterocycles. The van der Waals surface area contributed by atoms with Crippen LogP contribution in [0.25, 0.3) is 5.82 Å². The van der Waals surface area contributed by atoms with Crippen LogP contribution in [0.2, 0.25) is 0 Å². The zero-order valence-electron chi connectivity index (χ0n) is 15.7. The smallest absolute Gasteiger partial charge is 0.255 e. The lowest BCUT2D eigenvalue weighted by molar-refractivity contribution is 0.0607. The maximum absolute atomic E-state index is 13.1. The highest BCUT2D eigenvalue weighted by atomic mass is 35.5. The van der Waals surface area contributed by atoms with E-state index in [2.05, 4.69) is 10.5 Å². The van der Waals surface area contributed by atoms with E-state index in [9.17, 15) is 4.79 Å². The van der Waals surface area contributed by atoms with E-state index < -0.39 is 0 Å². The van der Waals surface area contributed by atoms with Gasteiger partial charge in [0.25, 0.3) is 5.91 Å². The van der Waals surface area contributed by atoms with Crippen molar-refractivity contribution < 1.29 is 9.32 Å². The minimum atomic E-state index is 0. The van der Waals surface area contributed by atoms with Crippen LogP contribution in [0.15, 0.2) is 16.7 Å². The maximum Gasteiger partial charge on any atom is 0.255 e. The number of nitrogens with zero attached hydrogens (tertiary/aromatic N) is 3. The summed E-state index contributed by atoms with van der Waals surface area (Å²) in [6.07, 6.45) is 3.45. The monoisotopic (exact) mass is 378 g/mol. The summed E-state index contributed by atoms with van der Waals surface area (Å²) in [4.78, 5) is 15.1. The van der Waals surface area contributed by atoms with E-state index in [1.807, 2.05) is 42.4 Å². The Kier molecular flexibility index (Phi) is 5.17. The summed E-state index contributed by atoms with van der Waals surface area (Å²) in [7, 11) is 0. The summed E-state index contributed by atoms with van der Waals surface area (Å²) >= 11 is 0. The highest BCUT2D eigenvalue weighted by Crippen LogP contribution is 2.37. The Morgan fingerprint density at radius 2 is 1.92 bits per heavy atom. The Hall–Kier alpha value is -1.79. The highest BCUT2D eigenvalue weighted by Gasteiger charge is 2.38. The van der Waals surface area contributed by atoms with Crippen LogP contribution in [-0.2, 0) is 0 Å². The van der Waals surface area contributed by atoms with Crippen LogP contribution in [-0.4, -0.2) is 46.7 Å². The van der Waals surface area contributed by atoms with Crippen molar-refractivity contribution in [3.63, 3.8) is 0 Å². The topological polar surface area (TPSA) is 63.3 Å². The van der Waals surface area contributed by atoms with Crippen molar-refractivity contribution in [2.24, 2.45) is 5.41 Å². The zero-order valence-corrected chi connectivity index (χ0v) is 16.5. The van der Waals surface area contributed by atoms with Gasteiger partial charge in [0.05, 0.1) is 5.56 Å². The quantitative estimate of drug-likeness (QED) is 0.872. The number of rotatable bonds is 2. The molecule has 2 aliphatic rings. The molecule has 0 unspecified atom stereocenters. The molecule has 0 radical (unpaired) electrons. The SMILES string of the molecule is Cc1cc(-n2c(C)cc(C(=O)N3CCC4(CCNC4)CC3)c2C)no1.Cl. The van der Waals surface area contributed by atoms with Gasteiger partial charge in [-0.1, -0.05) is 5.16 Å². The minimum Gasteiger partial charge on any atom is -0.360 e. The maximum atomic E-state index is 13.1. The fourth-order valence-electron chi connectivity index (χ4n) is 4.37. The van der Waals surface area contributed by atoms with Gasteiger partial charge in [-0.2, -0.15) is 0 Å². The lowest BCUT2D eigenvalue weighted by Crippen LogP contribution is -2.44. The van der Waals surface area contributed by atoms with Crippen LogP contribution in [0.3, 0.4) is 0 Å². The summed E-state index contributed by atoms with van der Waals surface area (Å²) in [5.41, 5.74) is 3.13. The molecular weight excluding hydrogens is 352 g/mol. The normalized spacial score (nSPS) is 19.0. The standard InChI is InChI=1S/C19H26N4O2.ClH/c1-13-10-16(15(3)23(13)17-11-14(2)25-21-17)18(24)22-8-5-19(6-9-22)4-7-20-12-19;/h10-11,20H,4-9,12H2,1-3H3;1H. The molecule has 2 aliphatic heterocycles. The van der Waals surface area contributed by atoms with E-state index >= 15 is 0 Å². The molecule has 4 rings (SSSR count). The van der Waals surface area contributed by atoms with Crippen LogP contribution < -0.4 is 5.32 Å². The molecule has 2 fully saturated rings. The second kappa shape index (κ2) is 7.08. The number of nitrogens with one attached hydrogen (secondary N) is 1. The fraction of sp³-hybridized carbons (Fsp3) is 0.579. The molecule has 142 valence electrons. The average Bonchev–Trinajstić information content (AvgIpc) is 3.29. The minimum absolute atomic E-state index is 0. The largest absolute Gasteiger partial charge is 0.360 e. The molecule has 7 heteroatoms. The van der Waals surface area contributed by atoms with E-state index in [0.717, 1.165) is 67.6 Å². The molecule has 1 spiro atoms.